The Morgan fingerprint density at radius 3 is 2.48 bits per heavy atom. The average molecular weight is 449 g/mol. The van der Waals surface area contributed by atoms with Crippen LogP contribution in [0, 0.1) is 0 Å². The van der Waals surface area contributed by atoms with Gasteiger partial charge in [-0.25, -0.2) is 4.98 Å². The summed E-state index contributed by atoms with van der Waals surface area (Å²) in [6, 6.07) is 10.5. The lowest BCUT2D eigenvalue weighted by atomic mass is 10.1. The summed E-state index contributed by atoms with van der Waals surface area (Å²) in [5.74, 6) is -0.799. The number of hydrogen-bond donors (Lipinski definition) is 1. The smallest absolute Gasteiger partial charge is 0.295 e. The molecule has 0 unspecified atom stereocenters. The molecule has 172 valence electrons. The molecule has 1 aromatic carbocycles. The number of ketones is 1. The highest BCUT2D eigenvalue weighted by atomic mass is 16.5. The van der Waals surface area contributed by atoms with Gasteiger partial charge in [-0.1, -0.05) is 18.2 Å². The molecule has 1 fully saturated rings. The molecule has 0 saturated carbocycles. The topological polar surface area (TPSA) is 95.6 Å². The second kappa shape index (κ2) is 8.69. The van der Waals surface area contributed by atoms with Crippen molar-refractivity contribution in [3.8, 4) is 5.75 Å². The van der Waals surface area contributed by atoms with Crippen molar-refractivity contribution in [1.29, 1.82) is 0 Å². The Bertz CT molecular complexity index is 1200. The van der Waals surface area contributed by atoms with Crippen LogP contribution in [0.15, 0.2) is 48.8 Å². The molecule has 1 atom stereocenters. The first kappa shape index (κ1) is 22.5. The maximum atomic E-state index is 13.2. The van der Waals surface area contributed by atoms with Gasteiger partial charge in [0.05, 0.1) is 10.9 Å². The number of hydrogen-bond acceptors (Lipinski definition) is 5. The van der Waals surface area contributed by atoms with Gasteiger partial charge in [0, 0.05) is 43.6 Å². The third kappa shape index (κ3) is 4.60. The Hall–Kier alpha value is -3.68. The number of ether oxygens (including phenoxy) is 1. The molecule has 1 aliphatic rings. The number of nitrogens with zero attached hydrogens (tertiary/aromatic N) is 3. The fourth-order valence-corrected chi connectivity index (χ4v) is 4.07. The van der Waals surface area contributed by atoms with E-state index in [1.165, 1.54) is 11.1 Å². The minimum Gasteiger partial charge on any atom is -0.487 e. The van der Waals surface area contributed by atoms with Crippen molar-refractivity contribution in [1.82, 2.24) is 19.8 Å². The van der Waals surface area contributed by atoms with Gasteiger partial charge in [0.25, 0.3) is 17.6 Å². The minimum atomic E-state index is -0.623. The number of nitrogens with one attached hydrogen (secondary N) is 1. The number of fused-ring (bicyclic) bond motifs is 1. The molecular formula is C25H28N4O4. The number of H-pyrrole nitrogens is 1. The van der Waals surface area contributed by atoms with E-state index in [0.29, 0.717) is 35.4 Å². The molecule has 2 amide bonds. The van der Waals surface area contributed by atoms with Gasteiger partial charge in [0.15, 0.2) is 0 Å². The minimum absolute atomic E-state index is 0.0763. The first-order chi connectivity index (χ1) is 15.7. The highest BCUT2D eigenvalue weighted by molar-refractivity contribution is 6.45. The van der Waals surface area contributed by atoms with Crippen LogP contribution >= 0.6 is 0 Å². The van der Waals surface area contributed by atoms with Crippen LogP contribution in [0.1, 0.15) is 48.4 Å². The maximum Gasteiger partial charge on any atom is 0.295 e. The number of benzene rings is 1. The zero-order valence-electron chi connectivity index (χ0n) is 19.3. The third-order valence-electron chi connectivity index (χ3n) is 5.59. The number of carbonyl (C=O) groups is 3. The standard InChI is InChI=1S/C25H28N4O4/c1-16-15-28(23(31)17-8-6-5-7-9-17)12-13-29(16)24(32)21(30)18-14-27-22-20(18)19(10-11-26-22)33-25(2,3)4/h5-11,14,16H,12-13,15H2,1-4H3,(H,26,27)/t16-/m1/s1. The summed E-state index contributed by atoms with van der Waals surface area (Å²) in [6.07, 6.45) is 3.11. The van der Waals surface area contributed by atoms with Crippen LogP contribution in [-0.2, 0) is 4.79 Å². The normalized spacial score (nSPS) is 16.7. The van der Waals surface area contributed by atoms with Crippen LogP contribution in [0.2, 0.25) is 0 Å². The van der Waals surface area contributed by atoms with E-state index >= 15 is 0 Å². The second-order valence-electron chi connectivity index (χ2n) is 9.24. The van der Waals surface area contributed by atoms with E-state index in [2.05, 4.69) is 9.97 Å². The van der Waals surface area contributed by atoms with Crippen LogP contribution < -0.4 is 4.74 Å². The molecule has 1 saturated heterocycles. The summed E-state index contributed by atoms with van der Waals surface area (Å²) in [7, 11) is 0. The highest BCUT2D eigenvalue weighted by Gasteiger charge is 2.35. The highest BCUT2D eigenvalue weighted by Crippen LogP contribution is 2.31. The number of carbonyl (C=O) groups excluding carboxylic acids is 3. The molecule has 8 nitrogen and oxygen atoms in total. The summed E-state index contributed by atoms with van der Waals surface area (Å²) in [5.41, 5.74) is 0.848. The van der Waals surface area contributed by atoms with Gasteiger partial charge in [-0.2, -0.15) is 0 Å². The Labute approximate surface area is 192 Å². The van der Waals surface area contributed by atoms with Gasteiger partial charge in [-0.05, 0) is 45.9 Å². The van der Waals surface area contributed by atoms with Gasteiger partial charge in [0.2, 0.25) is 0 Å². The number of pyridine rings is 1. The molecule has 2 aromatic heterocycles. The van der Waals surface area contributed by atoms with Gasteiger partial charge in [-0.3, -0.25) is 14.4 Å². The zero-order chi connectivity index (χ0) is 23.8. The molecular weight excluding hydrogens is 420 g/mol. The third-order valence-corrected chi connectivity index (χ3v) is 5.59. The Morgan fingerprint density at radius 1 is 1.09 bits per heavy atom. The predicted octanol–water partition coefficient (Wildman–Crippen LogP) is 3.30. The Morgan fingerprint density at radius 2 is 1.82 bits per heavy atom. The van der Waals surface area contributed by atoms with E-state index in [0.717, 1.165) is 0 Å². The number of aromatic nitrogens is 2. The summed E-state index contributed by atoms with van der Waals surface area (Å²) >= 11 is 0. The summed E-state index contributed by atoms with van der Waals surface area (Å²) < 4.78 is 6.01. The maximum absolute atomic E-state index is 13.2. The lowest BCUT2D eigenvalue weighted by Crippen LogP contribution is -2.56. The summed E-state index contributed by atoms with van der Waals surface area (Å²) in [4.78, 5) is 49.7. The van der Waals surface area contributed by atoms with Crippen molar-refractivity contribution in [3.05, 3.63) is 59.9 Å². The molecule has 3 heterocycles. The van der Waals surface area contributed by atoms with Gasteiger partial charge in [-0.15, -0.1) is 0 Å². The number of amides is 2. The van der Waals surface area contributed by atoms with Crippen LogP contribution in [0.25, 0.3) is 11.0 Å². The van der Waals surface area contributed by atoms with Gasteiger partial charge >= 0.3 is 0 Å². The molecule has 3 aromatic rings. The summed E-state index contributed by atoms with van der Waals surface area (Å²) in [6.45, 7) is 8.60. The van der Waals surface area contributed by atoms with Crippen molar-refractivity contribution >= 4 is 28.6 Å². The van der Waals surface area contributed by atoms with Crippen molar-refractivity contribution in [2.45, 2.75) is 39.3 Å². The number of rotatable bonds is 4. The molecule has 1 N–H and O–H groups in total. The number of Topliss-reactive ketones (excluding diaryl/α,β-unsaturated/α-hetero) is 1. The fraction of sp³-hybridized carbons (Fsp3) is 0.360. The first-order valence-electron chi connectivity index (χ1n) is 11.0. The van der Waals surface area contributed by atoms with E-state index in [4.69, 9.17) is 4.74 Å². The molecule has 33 heavy (non-hydrogen) atoms. The van der Waals surface area contributed by atoms with E-state index < -0.39 is 17.3 Å². The second-order valence-corrected chi connectivity index (χ2v) is 9.24. The van der Waals surface area contributed by atoms with Crippen molar-refractivity contribution < 1.29 is 19.1 Å². The average Bonchev–Trinajstić information content (AvgIpc) is 3.22. The lowest BCUT2D eigenvalue weighted by molar-refractivity contribution is -0.130. The first-order valence-corrected chi connectivity index (χ1v) is 11.0. The molecule has 0 radical (unpaired) electrons. The Balaban J connectivity index is 1.53. The van der Waals surface area contributed by atoms with E-state index in [1.807, 2.05) is 45.9 Å². The van der Waals surface area contributed by atoms with Crippen molar-refractivity contribution in [2.75, 3.05) is 19.6 Å². The lowest BCUT2D eigenvalue weighted by Gasteiger charge is -2.39. The van der Waals surface area contributed by atoms with Gasteiger partial charge in [0.1, 0.15) is 17.0 Å². The fourth-order valence-electron chi connectivity index (χ4n) is 4.07. The Kier molecular flexibility index (Phi) is 5.93. The van der Waals surface area contributed by atoms with Crippen molar-refractivity contribution in [3.63, 3.8) is 0 Å². The van der Waals surface area contributed by atoms with Crippen LogP contribution in [-0.4, -0.2) is 68.6 Å². The largest absolute Gasteiger partial charge is 0.487 e. The predicted molar refractivity (Wildman–Crippen MR) is 124 cm³/mol. The molecule has 0 spiro atoms. The monoisotopic (exact) mass is 448 g/mol. The van der Waals surface area contributed by atoms with Crippen LogP contribution in [0.3, 0.4) is 0 Å². The van der Waals surface area contributed by atoms with Crippen molar-refractivity contribution in [2.24, 2.45) is 0 Å². The SMILES string of the molecule is C[C@@H]1CN(C(=O)c2ccccc2)CCN1C(=O)C(=O)c1c[nH]c2nccc(OC(C)(C)C)c12. The summed E-state index contributed by atoms with van der Waals surface area (Å²) in [5, 5.41) is 0.497. The molecule has 8 heteroatoms. The van der Waals surface area contributed by atoms with Crippen LogP contribution in [0.5, 0.6) is 5.75 Å². The molecule has 4 rings (SSSR count). The van der Waals surface area contributed by atoms with E-state index in [-0.39, 0.29) is 24.1 Å². The number of aromatic amines is 1. The van der Waals surface area contributed by atoms with Gasteiger partial charge < -0.3 is 19.5 Å². The molecule has 0 aliphatic carbocycles. The van der Waals surface area contributed by atoms with E-state index in [1.54, 1.807) is 29.3 Å². The number of piperazine rings is 1. The van der Waals surface area contributed by atoms with Crippen LogP contribution in [0.4, 0.5) is 0 Å². The molecule has 1 aliphatic heterocycles. The zero-order valence-corrected chi connectivity index (χ0v) is 19.3. The quantitative estimate of drug-likeness (QED) is 0.488. The molecule has 0 bridgehead atoms. The van der Waals surface area contributed by atoms with E-state index in [9.17, 15) is 14.4 Å².